The molecule has 2 amide bonds. The number of carbonyl (C=O) groups is 2. The van der Waals surface area contributed by atoms with Gasteiger partial charge in [-0.05, 0) is 56.2 Å². The number of hydrogen-bond donors (Lipinski definition) is 5. The number of carboxylic acid groups (broad SMARTS) is 1. The maximum absolute atomic E-state index is 11.9. The average molecular weight is 337 g/mol. The first-order valence-corrected chi connectivity index (χ1v) is 8.27. The molecule has 1 aromatic rings. The van der Waals surface area contributed by atoms with Gasteiger partial charge in [0.2, 0.25) is 5.91 Å². The van der Waals surface area contributed by atoms with Crippen LogP contribution < -0.4 is 16.4 Å². The number of phenols is 1. The molecule has 24 heavy (non-hydrogen) atoms. The van der Waals surface area contributed by atoms with Gasteiger partial charge in [-0.2, -0.15) is 0 Å². The molecule has 1 aromatic carbocycles. The highest BCUT2D eigenvalue weighted by atomic mass is 16.4. The van der Waals surface area contributed by atoms with E-state index in [2.05, 4.69) is 10.6 Å². The topological polar surface area (TPSA) is 125 Å². The second kappa shape index (κ2) is 11.3. The zero-order valence-electron chi connectivity index (χ0n) is 13.8. The molecule has 0 aliphatic rings. The third-order valence-electron chi connectivity index (χ3n) is 3.66. The number of unbranched alkanes of at least 4 members (excludes halogenated alkanes) is 2. The maximum atomic E-state index is 11.9. The van der Waals surface area contributed by atoms with Crippen molar-refractivity contribution in [1.82, 2.24) is 10.6 Å². The summed E-state index contributed by atoms with van der Waals surface area (Å²) in [5, 5.41) is 22.9. The van der Waals surface area contributed by atoms with Crippen molar-refractivity contribution in [3.63, 3.8) is 0 Å². The Kier molecular flexibility index (Phi) is 9.29. The largest absolute Gasteiger partial charge is 0.508 e. The lowest BCUT2D eigenvalue weighted by molar-refractivity contribution is -0.122. The molecule has 6 N–H and O–H groups in total. The number of hydrogen-bond acceptors (Lipinski definition) is 4. The molecule has 134 valence electrons. The predicted octanol–water partition coefficient (Wildman–Crippen LogP) is 1.60. The molecule has 7 nitrogen and oxygen atoms in total. The van der Waals surface area contributed by atoms with Gasteiger partial charge in [0.1, 0.15) is 5.75 Å². The van der Waals surface area contributed by atoms with Crippen LogP contribution in [0.2, 0.25) is 0 Å². The summed E-state index contributed by atoms with van der Waals surface area (Å²) in [5.41, 5.74) is 6.90. The van der Waals surface area contributed by atoms with Crippen molar-refractivity contribution in [2.45, 2.75) is 44.6 Å². The Labute approximate surface area is 142 Å². The molecule has 0 bridgehead atoms. The summed E-state index contributed by atoms with van der Waals surface area (Å²) >= 11 is 0. The zero-order valence-corrected chi connectivity index (χ0v) is 13.8. The summed E-state index contributed by atoms with van der Waals surface area (Å²) in [6.07, 6.45) is 3.50. The van der Waals surface area contributed by atoms with E-state index in [0.29, 0.717) is 19.5 Å². The molecule has 0 aromatic heterocycles. The van der Waals surface area contributed by atoms with E-state index in [1.165, 1.54) is 0 Å². The molecule has 0 saturated carbocycles. The van der Waals surface area contributed by atoms with Gasteiger partial charge in [-0.25, -0.2) is 4.79 Å². The highest BCUT2D eigenvalue weighted by Gasteiger charge is 2.12. The summed E-state index contributed by atoms with van der Waals surface area (Å²) in [7, 11) is 0. The number of carbonyl (C=O) groups excluding carboxylic acids is 1. The third kappa shape index (κ3) is 8.99. The van der Waals surface area contributed by atoms with Gasteiger partial charge in [-0.3, -0.25) is 4.79 Å². The summed E-state index contributed by atoms with van der Waals surface area (Å²) in [6, 6.07) is 6.54. The van der Waals surface area contributed by atoms with Crippen LogP contribution in [0.5, 0.6) is 5.75 Å². The van der Waals surface area contributed by atoms with Crippen LogP contribution in [0.3, 0.4) is 0 Å². The molecule has 0 fully saturated rings. The van der Waals surface area contributed by atoms with Crippen molar-refractivity contribution in [1.29, 1.82) is 0 Å². The van der Waals surface area contributed by atoms with E-state index in [0.717, 1.165) is 37.7 Å². The Hall–Kier alpha value is -2.28. The summed E-state index contributed by atoms with van der Waals surface area (Å²) < 4.78 is 0. The lowest BCUT2D eigenvalue weighted by Gasteiger charge is -2.12. The number of aryl methyl sites for hydroxylation is 1. The monoisotopic (exact) mass is 337 g/mol. The summed E-state index contributed by atoms with van der Waals surface area (Å²) in [4.78, 5) is 22.1. The SMILES string of the molecule is NC(CCCc1cccc(O)c1)C(=O)NCCCCCNC(=O)O. The van der Waals surface area contributed by atoms with E-state index in [-0.39, 0.29) is 11.7 Å². The standard InChI is InChI=1S/C17H27N3O4/c18-15(9-5-7-13-6-4-8-14(21)12-13)16(22)19-10-2-1-3-11-20-17(23)24/h4,6,8,12,15,20-21H,1-3,5,7,9-11,18H2,(H,19,22)(H,23,24). The second-order valence-electron chi connectivity index (χ2n) is 5.75. The van der Waals surface area contributed by atoms with Gasteiger partial charge in [-0.1, -0.05) is 12.1 Å². The maximum Gasteiger partial charge on any atom is 0.404 e. The minimum Gasteiger partial charge on any atom is -0.508 e. The minimum atomic E-state index is -1.01. The average Bonchev–Trinajstić information content (AvgIpc) is 2.53. The van der Waals surface area contributed by atoms with Gasteiger partial charge in [0.15, 0.2) is 0 Å². The first-order chi connectivity index (χ1) is 11.5. The van der Waals surface area contributed by atoms with E-state index < -0.39 is 12.1 Å². The molecular formula is C17H27N3O4. The van der Waals surface area contributed by atoms with Crippen molar-refractivity contribution in [3.8, 4) is 5.75 Å². The Morgan fingerprint density at radius 2 is 1.79 bits per heavy atom. The van der Waals surface area contributed by atoms with Crippen LogP contribution >= 0.6 is 0 Å². The Morgan fingerprint density at radius 3 is 2.46 bits per heavy atom. The first-order valence-electron chi connectivity index (χ1n) is 8.27. The lowest BCUT2D eigenvalue weighted by Crippen LogP contribution is -2.41. The van der Waals surface area contributed by atoms with Gasteiger partial charge >= 0.3 is 6.09 Å². The number of aromatic hydroxyl groups is 1. The van der Waals surface area contributed by atoms with Crippen LogP contribution in [0.1, 0.15) is 37.7 Å². The smallest absolute Gasteiger partial charge is 0.404 e. The van der Waals surface area contributed by atoms with Gasteiger partial charge < -0.3 is 26.6 Å². The Morgan fingerprint density at radius 1 is 1.08 bits per heavy atom. The Balaban J connectivity index is 2.06. The summed E-state index contributed by atoms with van der Waals surface area (Å²) in [6.45, 7) is 0.976. The quantitative estimate of drug-likeness (QED) is 0.392. The predicted molar refractivity (Wildman–Crippen MR) is 91.9 cm³/mol. The molecule has 1 unspecified atom stereocenters. The molecule has 0 aliphatic carbocycles. The number of nitrogens with two attached hydrogens (primary N) is 1. The summed E-state index contributed by atoms with van der Waals surface area (Å²) in [5.74, 6) is 0.0858. The van der Waals surface area contributed by atoms with Crippen molar-refractivity contribution < 1.29 is 19.8 Å². The molecule has 1 rings (SSSR count). The van der Waals surface area contributed by atoms with Crippen LogP contribution in [0.15, 0.2) is 24.3 Å². The van der Waals surface area contributed by atoms with Crippen LogP contribution in [0.4, 0.5) is 4.79 Å². The van der Waals surface area contributed by atoms with Gasteiger partial charge in [0.05, 0.1) is 6.04 Å². The van der Waals surface area contributed by atoms with Crippen molar-refractivity contribution >= 4 is 12.0 Å². The van der Waals surface area contributed by atoms with E-state index in [1.54, 1.807) is 18.2 Å². The number of nitrogens with one attached hydrogen (secondary N) is 2. The fraction of sp³-hybridized carbons (Fsp3) is 0.529. The van der Waals surface area contributed by atoms with Crippen molar-refractivity contribution in [2.24, 2.45) is 5.73 Å². The molecule has 7 heteroatoms. The number of amides is 2. The minimum absolute atomic E-state index is 0.158. The fourth-order valence-electron chi connectivity index (χ4n) is 2.33. The first kappa shape index (κ1) is 19.8. The van der Waals surface area contributed by atoms with Crippen molar-refractivity contribution in [3.05, 3.63) is 29.8 Å². The number of benzene rings is 1. The second-order valence-corrected chi connectivity index (χ2v) is 5.75. The molecule has 0 saturated heterocycles. The normalized spacial score (nSPS) is 11.7. The van der Waals surface area contributed by atoms with Crippen LogP contribution in [0.25, 0.3) is 0 Å². The van der Waals surface area contributed by atoms with Gasteiger partial charge in [-0.15, -0.1) is 0 Å². The zero-order chi connectivity index (χ0) is 17.8. The van der Waals surface area contributed by atoms with E-state index in [9.17, 15) is 14.7 Å². The molecular weight excluding hydrogens is 310 g/mol. The number of phenolic OH excluding ortho intramolecular Hbond substituents is 1. The number of rotatable bonds is 11. The van der Waals surface area contributed by atoms with Gasteiger partial charge in [0, 0.05) is 13.1 Å². The van der Waals surface area contributed by atoms with Gasteiger partial charge in [0.25, 0.3) is 0 Å². The van der Waals surface area contributed by atoms with E-state index in [4.69, 9.17) is 10.8 Å². The van der Waals surface area contributed by atoms with Crippen LogP contribution in [-0.2, 0) is 11.2 Å². The fourth-order valence-corrected chi connectivity index (χ4v) is 2.33. The third-order valence-corrected chi connectivity index (χ3v) is 3.66. The highest BCUT2D eigenvalue weighted by Crippen LogP contribution is 2.13. The van der Waals surface area contributed by atoms with Crippen molar-refractivity contribution in [2.75, 3.05) is 13.1 Å². The van der Waals surface area contributed by atoms with Crippen LogP contribution in [0, 0.1) is 0 Å². The molecule has 1 atom stereocenters. The molecule has 0 spiro atoms. The van der Waals surface area contributed by atoms with E-state index >= 15 is 0 Å². The molecule has 0 radical (unpaired) electrons. The highest BCUT2D eigenvalue weighted by molar-refractivity contribution is 5.81. The Bertz CT molecular complexity index is 522. The lowest BCUT2D eigenvalue weighted by atomic mass is 10.0. The van der Waals surface area contributed by atoms with E-state index in [1.807, 2.05) is 6.07 Å². The molecule has 0 aliphatic heterocycles. The molecule has 0 heterocycles. The van der Waals surface area contributed by atoms with Crippen LogP contribution in [-0.4, -0.2) is 41.3 Å².